The van der Waals surface area contributed by atoms with Gasteiger partial charge >= 0.3 is 0 Å². The Balaban J connectivity index is 2.21. The molecule has 0 bridgehead atoms. The summed E-state index contributed by atoms with van der Waals surface area (Å²) in [6.07, 6.45) is 1.78. The Hall–Kier alpha value is -1.45. The Bertz CT molecular complexity index is 526. The molecule has 0 aliphatic carbocycles. The van der Waals surface area contributed by atoms with Crippen LogP contribution >= 0.6 is 11.6 Å². The van der Waals surface area contributed by atoms with Crippen molar-refractivity contribution in [1.29, 1.82) is 0 Å². The van der Waals surface area contributed by atoms with Gasteiger partial charge < -0.3 is 5.32 Å². The smallest absolute Gasteiger partial charge is 0.159 e. The van der Waals surface area contributed by atoms with Gasteiger partial charge in [-0.15, -0.1) is 0 Å². The molecule has 18 heavy (non-hydrogen) atoms. The van der Waals surface area contributed by atoms with E-state index in [9.17, 15) is 0 Å². The van der Waals surface area contributed by atoms with E-state index in [1.807, 2.05) is 30.3 Å². The molecule has 0 unspecified atom stereocenters. The Morgan fingerprint density at radius 1 is 1.28 bits per heavy atom. The highest BCUT2D eigenvalue weighted by atomic mass is 35.5. The first kappa shape index (κ1) is 13.0. The van der Waals surface area contributed by atoms with Gasteiger partial charge in [0.05, 0.1) is 5.69 Å². The molecule has 0 atom stereocenters. The highest BCUT2D eigenvalue weighted by Gasteiger charge is 2.03. The van der Waals surface area contributed by atoms with E-state index >= 15 is 0 Å². The van der Waals surface area contributed by atoms with Gasteiger partial charge in [0.15, 0.2) is 5.82 Å². The number of halogens is 1. The van der Waals surface area contributed by atoms with Crippen molar-refractivity contribution in [3.8, 4) is 11.4 Å². The molecule has 1 aromatic heterocycles. The van der Waals surface area contributed by atoms with Crippen LogP contribution in [-0.2, 0) is 6.54 Å². The molecule has 0 amide bonds. The summed E-state index contributed by atoms with van der Waals surface area (Å²) in [4.78, 5) is 8.80. The summed E-state index contributed by atoms with van der Waals surface area (Å²) >= 11 is 5.97. The first-order valence-corrected chi connectivity index (χ1v) is 6.34. The largest absolute Gasteiger partial charge is 0.309 e. The van der Waals surface area contributed by atoms with E-state index in [0.29, 0.717) is 16.9 Å². The Labute approximate surface area is 112 Å². The maximum atomic E-state index is 5.97. The Kier molecular flexibility index (Phi) is 4.28. The van der Waals surface area contributed by atoms with Crippen LogP contribution in [0.3, 0.4) is 0 Å². The summed E-state index contributed by atoms with van der Waals surface area (Å²) in [5.74, 6) is 0.709. The molecule has 0 aliphatic heterocycles. The second kappa shape index (κ2) is 5.94. The highest BCUT2D eigenvalue weighted by molar-refractivity contribution is 6.30. The van der Waals surface area contributed by atoms with Crippen LogP contribution in [0.4, 0.5) is 0 Å². The predicted molar refractivity (Wildman–Crippen MR) is 74.5 cm³/mol. The lowest BCUT2D eigenvalue weighted by atomic mass is 10.2. The summed E-state index contributed by atoms with van der Waals surface area (Å²) in [5.41, 5.74) is 1.92. The standard InChI is InChI=1S/C14H16ClN3/c1-10(2)17-9-13-6-7-16-14(18-13)11-4-3-5-12(15)8-11/h3-8,10,17H,9H2,1-2H3. The molecule has 0 saturated heterocycles. The molecule has 3 nitrogen and oxygen atoms in total. The Morgan fingerprint density at radius 2 is 2.11 bits per heavy atom. The fourth-order valence-corrected chi connectivity index (χ4v) is 1.76. The number of hydrogen-bond acceptors (Lipinski definition) is 3. The molecule has 0 radical (unpaired) electrons. The van der Waals surface area contributed by atoms with Crippen LogP contribution in [0.1, 0.15) is 19.5 Å². The zero-order chi connectivity index (χ0) is 13.0. The number of hydrogen-bond donors (Lipinski definition) is 1. The summed E-state index contributed by atoms with van der Waals surface area (Å²) < 4.78 is 0. The number of rotatable bonds is 4. The summed E-state index contributed by atoms with van der Waals surface area (Å²) in [6, 6.07) is 9.94. The van der Waals surface area contributed by atoms with Crippen LogP contribution in [0.15, 0.2) is 36.5 Å². The highest BCUT2D eigenvalue weighted by Crippen LogP contribution is 2.19. The third kappa shape index (κ3) is 3.52. The lowest BCUT2D eigenvalue weighted by Crippen LogP contribution is -2.22. The molecule has 94 valence electrons. The van der Waals surface area contributed by atoms with Crippen molar-refractivity contribution in [2.75, 3.05) is 0 Å². The van der Waals surface area contributed by atoms with Gasteiger partial charge in [0.1, 0.15) is 0 Å². The van der Waals surface area contributed by atoms with Crippen LogP contribution < -0.4 is 5.32 Å². The van der Waals surface area contributed by atoms with Crippen molar-refractivity contribution in [1.82, 2.24) is 15.3 Å². The molecule has 0 aliphatic rings. The topological polar surface area (TPSA) is 37.8 Å². The molecule has 0 saturated carbocycles. The van der Waals surface area contributed by atoms with Gasteiger partial charge in [-0.3, -0.25) is 0 Å². The first-order chi connectivity index (χ1) is 8.65. The molecule has 1 aromatic carbocycles. The lowest BCUT2D eigenvalue weighted by molar-refractivity contribution is 0.581. The zero-order valence-corrected chi connectivity index (χ0v) is 11.3. The van der Waals surface area contributed by atoms with Crippen LogP contribution in [0.5, 0.6) is 0 Å². The normalized spacial score (nSPS) is 10.9. The van der Waals surface area contributed by atoms with E-state index in [-0.39, 0.29) is 0 Å². The molecule has 4 heteroatoms. The van der Waals surface area contributed by atoms with E-state index in [2.05, 4.69) is 29.1 Å². The van der Waals surface area contributed by atoms with Gasteiger partial charge in [-0.1, -0.05) is 37.6 Å². The van der Waals surface area contributed by atoms with Gasteiger partial charge in [-0.25, -0.2) is 9.97 Å². The van der Waals surface area contributed by atoms with Crippen molar-refractivity contribution in [3.63, 3.8) is 0 Å². The fourth-order valence-electron chi connectivity index (χ4n) is 1.57. The van der Waals surface area contributed by atoms with E-state index in [1.165, 1.54) is 0 Å². The average Bonchev–Trinajstić information content (AvgIpc) is 2.37. The van der Waals surface area contributed by atoms with Crippen molar-refractivity contribution in [3.05, 3.63) is 47.2 Å². The maximum Gasteiger partial charge on any atom is 0.159 e. The quantitative estimate of drug-likeness (QED) is 0.918. The van der Waals surface area contributed by atoms with Gasteiger partial charge in [0.2, 0.25) is 0 Å². The van der Waals surface area contributed by atoms with Crippen molar-refractivity contribution in [2.24, 2.45) is 0 Å². The maximum absolute atomic E-state index is 5.97. The molecular formula is C14H16ClN3. The second-order valence-corrected chi connectivity index (χ2v) is 4.85. The monoisotopic (exact) mass is 261 g/mol. The third-order valence-corrected chi connectivity index (χ3v) is 2.72. The van der Waals surface area contributed by atoms with Gasteiger partial charge in [0, 0.05) is 29.4 Å². The fraction of sp³-hybridized carbons (Fsp3) is 0.286. The van der Waals surface area contributed by atoms with E-state index in [4.69, 9.17) is 11.6 Å². The molecule has 0 fully saturated rings. The van der Waals surface area contributed by atoms with E-state index < -0.39 is 0 Å². The minimum Gasteiger partial charge on any atom is -0.309 e. The molecular weight excluding hydrogens is 246 g/mol. The van der Waals surface area contributed by atoms with Crippen LogP contribution in [0.2, 0.25) is 5.02 Å². The molecule has 0 spiro atoms. The summed E-state index contributed by atoms with van der Waals surface area (Å²) in [7, 11) is 0. The number of nitrogens with zero attached hydrogens (tertiary/aromatic N) is 2. The number of aromatic nitrogens is 2. The minimum atomic E-state index is 0.439. The van der Waals surface area contributed by atoms with Crippen LogP contribution in [0, 0.1) is 0 Å². The van der Waals surface area contributed by atoms with Gasteiger partial charge in [0.25, 0.3) is 0 Å². The van der Waals surface area contributed by atoms with Crippen molar-refractivity contribution < 1.29 is 0 Å². The van der Waals surface area contributed by atoms with Gasteiger partial charge in [-0.2, -0.15) is 0 Å². The summed E-state index contributed by atoms with van der Waals surface area (Å²) in [6.45, 7) is 4.96. The predicted octanol–water partition coefficient (Wildman–Crippen LogP) is 3.30. The first-order valence-electron chi connectivity index (χ1n) is 5.96. The molecule has 2 rings (SSSR count). The third-order valence-electron chi connectivity index (χ3n) is 2.49. The summed E-state index contributed by atoms with van der Waals surface area (Å²) in [5, 5.41) is 4.03. The van der Waals surface area contributed by atoms with Crippen molar-refractivity contribution in [2.45, 2.75) is 26.4 Å². The Morgan fingerprint density at radius 3 is 2.83 bits per heavy atom. The van der Waals surface area contributed by atoms with Crippen LogP contribution in [-0.4, -0.2) is 16.0 Å². The average molecular weight is 262 g/mol. The van der Waals surface area contributed by atoms with E-state index in [1.54, 1.807) is 6.20 Å². The van der Waals surface area contributed by atoms with Crippen LogP contribution in [0.25, 0.3) is 11.4 Å². The SMILES string of the molecule is CC(C)NCc1ccnc(-c2cccc(Cl)c2)n1. The van der Waals surface area contributed by atoms with E-state index in [0.717, 1.165) is 17.8 Å². The minimum absolute atomic E-state index is 0.439. The second-order valence-electron chi connectivity index (χ2n) is 4.42. The number of benzene rings is 1. The van der Waals surface area contributed by atoms with Gasteiger partial charge in [-0.05, 0) is 18.2 Å². The molecule has 1 heterocycles. The number of nitrogens with one attached hydrogen (secondary N) is 1. The molecule has 1 N–H and O–H groups in total. The van der Waals surface area contributed by atoms with Crippen molar-refractivity contribution >= 4 is 11.6 Å². The molecule has 2 aromatic rings. The lowest BCUT2D eigenvalue weighted by Gasteiger charge is -2.08. The zero-order valence-electron chi connectivity index (χ0n) is 10.5.